The highest BCUT2D eigenvalue weighted by Gasteiger charge is 2.18. The minimum Gasteiger partial charge on any atom is -0.406 e. The molecule has 2 N–H and O–H groups in total. The summed E-state index contributed by atoms with van der Waals surface area (Å²) in [6.45, 7) is 0. The number of hydrogen-bond acceptors (Lipinski definition) is 5. The zero-order valence-corrected chi connectivity index (χ0v) is 14.3. The number of aromatic nitrogens is 1. The van der Waals surface area contributed by atoms with Crippen LogP contribution in [0, 0.1) is 0 Å². The van der Waals surface area contributed by atoms with Crippen molar-refractivity contribution in [2.24, 2.45) is 0 Å². The fraction of sp³-hybridized carbons (Fsp3) is 0.125. The highest BCUT2D eigenvalue weighted by Crippen LogP contribution is 2.21. The molecule has 0 atom stereocenters. The smallest absolute Gasteiger partial charge is 0.406 e. The number of hydrogen-bond donors (Lipinski definition) is 2. The third kappa shape index (κ3) is 3.19. The lowest BCUT2D eigenvalue weighted by atomic mass is 10.2. The lowest BCUT2D eigenvalue weighted by molar-refractivity contribution is 0.102. The van der Waals surface area contributed by atoms with Crippen molar-refractivity contribution < 1.29 is 17.6 Å². The van der Waals surface area contributed by atoms with Gasteiger partial charge in [-0.2, -0.15) is 0 Å². The van der Waals surface area contributed by atoms with Gasteiger partial charge < -0.3 is 9.73 Å². The van der Waals surface area contributed by atoms with E-state index in [-0.39, 0.29) is 16.0 Å². The maximum Gasteiger partial charge on any atom is 0.417 e. The number of sulfonamides is 1. The Morgan fingerprint density at radius 1 is 1.12 bits per heavy atom. The van der Waals surface area contributed by atoms with E-state index >= 15 is 0 Å². The number of amides is 1. The van der Waals surface area contributed by atoms with Gasteiger partial charge in [0.2, 0.25) is 10.0 Å². The molecule has 25 heavy (non-hydrogen) atoms. The van der Waals surface area contributed by atoms with Gasteiger partial charge in [-0.05, 0) is 36.4 Å². The van der Waals surface area contributed by atoms with Crippen LogP contribution in [-0.2, 0) is 10.0 Å². The van der Waals surface area contributed by atoms with E-state index in [4.69, 9.17) is 4.42 Å². The summed E-state index contributed by atoms with van der Waals surface area (Å²) in [4.78, 5) is 26.2. The summed E-state index contributed by atoms with van der Waals surface area (Å²) < 4.78 is 30.2. The van der Waals surface area contributed by atoms with Crippen LogP contribution in [0.3, 0.4) is 0 Å². The summed E-state index contributed by atoms with van der Waals surface area (Å²) in [7, 11) is -0.693. The molecule has 0 aliphatic rings. The van der Waals surface area contributed by atoms with Crippen molar-refractivity contribution in [3.05, 3.63) is 58.6 Å². The molecule has 0 aliphatic heterocycles. The van der Waals surface area contributed by atoms with Crippen LogP contribution >= 0.6 is 0 Å². The van der Waals surface area contributed by atoms with Crippen LogP contribution in [0.2, 0.25) is 0 Å². The zero-order valence-electron chi connectivity index (χ0n) is 13.4. The predicted octanol–water partition coefficient (Wildman–Crippen LogP) is 1.62. The number of carbonyl (C=O) groups is 1. The first-order valence-corrected chi connectivity index (χ1v) is 8.69. The first-order valence-electron chi connectivity index (χ1n) is 7.25. The van der Waals surface area contributed by atoms with Gasteiger partial charge in [0.05, 0.1) is 16.1 Å². The van der Waals surface area contributed by atoms with Crippen molar-refractivity contribution in [1.82, 2.24) is 9.29 Å². The molecular formula is C16H15N3O5S. The van der Waals surface area contributed by atoms with Crippen molar-refractivity contribution in [1.29, 1.82) is 0 Å². The van der Waals surface area contributed by atoms with Crippen molar-refractivity contribution in [3.8, 4) is 0 Å². The Balaban J connectivity index is 1.87. The van der Waals surface area contributed by atoms with Crippen molar-refractivity contribution in [2.75, 3.05) is 19.4 Å². The second-order valence-corrected chi connectivity index (χ2v) is 7.61. The molecule has 0 saturated carbocycles. The zero-order chi connectivity index (χ0) is 18.2. The van der Waals surface area contributed by atoms with Gasteiger partial charge in [0.15, 0.2) is 5.58 Å². The van der Waals surface area contributed by atoms with E-state index in [1.807, 2.05) is 0 Å². The van der Waals surface area contributed by atoms with Crippen molar-refractivity contribution in [3.63, 3.8) is 0 Å². The van der Waals surface area contributed by atoms with Crippen LogP contribution in [0.25, 0.3) is 11.1 Å². The topological polar surface area (TPSA) is 112 Å². The number of oxazole rings is 1. The van der Waals surface area contributed by atoms with Crippen LogP contribution in [-0.4, -0.2) is 37.7 Å². The molecule has 130 valence electrons. The summed E-state index contributed by atoms with van der Waals surface area (Å²) >= 11 is 0. The average Bonchev–Trinajstić information content (AvgIpc) is 2.96. The first kappa shape index (κ1) is 16.9. The third-order valence-electron chi connectivity index (χ3n) is 3.59. The number of rotatable bonds is 4. The SMILES string of the molecule is CN(C)S(=O)(=O)c1ccc(C(=O)Nc2cccc3[nH]c(=O)oc23)cc1. The summed E-state index contributed by atoms with van der Waals surface area (Å²) in [5.41, 5.74) is 1.32. The lowest BCUT2D eigenvalue weighted by Gasteiger charge is -2.11. The van der Waals surface area contributed by atoms with Crippen LogP contribution in [0.5, 0.6) is 0 Å². The van der Waals surface area contributed by atoms with E-state index in [2.05, 4.69) is 10.3 Å². The standard InChI is InChI=1S/C16H15N3O5S/c1-19(2)25(22,23)11-8-6-10(7-9-11)15(20)17-12-4-3-5-13-14(12)24-16(21)18-13/h3-9H,1-2H3,(H,17,20)(H,18,21). The second-order valence-electron chi connectivity index (χ2n) is 5.46. The van der Waals surface area contributed by atoms with E-state index < -0.39 is 21.7 Å². The quantitative estimate of drug-likeness (QED) is 0.733. The molecule has 0 radical (unpaired) electrons. The van der Waals surface area contributed by atoms with Crippen LogP contribution in [0.15, 0.2) is 56.6 Å². The van der Waals surface area contributed by atoms with E-state index in [1.54, 1.807) is 18.2 Å². The number of nitrogens with one attached hydrogen (secondary N) is 2. The number of aromatic amines is 1. The first-order chi connectivity index (χ1) is 11.8. The average molecular weight is 361 g/mol. The van der Waals surface area contributed by atoms with Gasteiger partial charge in [-0.3, -0.25) is 9.78 Å². The molecular weight excluding hydrogens is 346 g/mol. The maximum atomic E-state index is 12.4. The fourth-order valence-electron chi connectivity index (χ4n) is 2.26. The molecule has 2 aromatic carbocycles. The highest BCUT2D eigenvalue weighted by atomic mass is 32.2. The molecule has 1 amide bonds. The molecule has 0 bridgehead atoms. The Hall–Kier alpha value is -2.91. The van der Waals surface area contributed by atoms with Crippen molar-refractivity contribution in [2.45, 2.75) is 4.90 Å². The summed E-state index contributed by atoms with van der Waals surface area (Å²) in [5.74, 6) is -1.07. The minimum atomic E-state index is -3.56. The van der Waals surface area contributed by atoms with E-state index in [0.29, 0.717) is 11.2 Å². The second kappa shape index (κ2) is 6.19. The third-order valence-corrected chi connectivity index (χ3v) is 5.42. The van der Waals surface area contributed by atoms with Gasteiger partial charge in [0.25, 0.3) is 5.91 Å². The normalized spacial score (nSPS) is 11.8. The number of para-hydroxylation sites is 1. The summed E-state index contributed by atoms with van der Waals surface area (Å²) in [5, 5.41) is 2.64. The van der Waals surface area contributed by atoms with Crippen LogP contribution in [0.1, 0.15) is 10.4 Å². The maximum absolute atomic E-state index is 12.4. The van der Waals surface area contributed by atoms with Gasteiger partial charge >= 0.3 is 5.76 Å². The van der Waals surface area contributed by atoms with E-state index in [0.717, 1.165) is 4.31 Å². The van der Waals surface area contributed by atoms with E-state index in [9.17, 15) is 18.0 Å². The number of carbonyl (C=O) groups excluding carboxylic acids is 1. The molecule has 8 nitrogen and oxygen atoms in total. The number of fused-ring (bicyclic) bond motifs is 1. The van der Waals surface area contributed by atoms with Gasteiger partial charge in [-0.25, -0.2) is 17.5 Å². The Morgan fingerprint density at radius 3 is 2.44 bits per heavy atom. The molecule has 0 unspecified atom stereocenters. The monoisotopic (exact) mass is 361 g/mol. The fourth-order valence-corrected chi connectivity index (χ4v) is 3.16. The molecule has 0 fully saturated rings. The van der Waals surface area contributed by atoms with Gasteiger partial charge in [0.1, 0.15) is 0 Å². The molecule has 3 rings (SSSR count). The largest absolute Gasteiger partial charge is 0.417 e. The molecule has 1 heterocycles. The highest BCUT2D eigenvalue weighted by molar-refractivity contribution is 7.89. The number of anilines is 1. The number of H-pyrrole nitrogens is 1. The van der Waals surface area contributed by atoms with Gasteiger partial charge in [-0.1, -0.05) is 6.07 Å². The van der Waals surface area contributed by atoms with Crippen LogP contribution < -0.4 is 11.1 Å². The molecule has 1 aromatic heterocycles. The Kier molecular flexibility index (Phi) is 4.19. The van der Waals surface area contributed by atoms with Crippen molar-refractivity contribution >= 4 is 32.7 Å². The molecule has 9 heteroatoms. The summed E-state index contributed by atoms with van der Waals surface area (Å²) in [6, 6.07) is 10.5. The lowest BCUT2D eigenvalue weighted by Crippen LogP contribution is -2.22. The molecule has 3 aromatic rings. The van der Waals surface area contributed by atoms with E-state index in [1.165, 1.54) is 38.4 Å². The van der Waals surface area contributed by atoms with Gasteiger partial charge in [-0.15, -0.1) is 0 Å². The molecule has 0 saturated heterocycles. The number of benzene rings is 2. The Labute approximate surface area is 143 Å². The number of nitrogens with zero attached hydrogens (tertiary/aromatic N) is 1. The van der Waals surface area contributed by atoms with Gasteiger partial charge in [0, 0.05) is 19.7 Å². The minimum absolute atomic E-state index is 0.0905. The molecule has 0 spiro atoms. The van der Waals surface area contributed by atoms with Crippen LogP contribution in [0.4, 0.5) is 5.69 Å². The summed E-state index contributed by atoms with van der Waals surface area (Å²) in [6.07, 6.45) is 0. The Morgan fingerprint density at radius 2 is 1.80 bits per heavy atom. The Bertz CT molecular complexity index is 1090. The molecule has 0 aliphatic carbocycles. The predicted molar refractivity (Wildman–Crippen MR) is 92.1 cm³/mol.